The summed E-state index contributed by atoms with van der Waals surface area (Å²) in [5.41, 5.74) is 8.23. The fourth-order valence-corrected chi connectivity index (χ4v) is 2.81. The van der Waals surface area contributed by atoms with E-state index in [1.807, 2.05) is 0 Å². The molecule has 0 heterocycles. The molecule has 0 N–H and O–H groups in total. The van der Waals surface area contributed by atoms with Gasteiger partial charge in [0.25, 0.3) is 0 Å². The zero-order valence-corrected chi connectivity index (χ0v) is 14.1. The predicted octanol–water partition coefficient (Wildman–Crippen LogP) is 4.81. The van der Waals surface area contributed by atoms with E-state index in [9.17, 15) is 0 Å². The van der Waals surface area contributed by atoms with Crippen molar-refractivity contribution in [3.05, 3.63) is 50.1 Å². The quantitative estimate of drug-likeness (QED) is 0.506. The first kappa shape index (κ1) is 22.3. The van der Waals surface area contributed by atoms with Gasteiger partial charge in [-0.1, -0.05) is 52.9 Å². The van der Waals surface area contributed by atoms with Crippen molar-refractivity contribution in [2.24, 2.45) is 0 Å². The molecule has 1 aromatic carbocycles. The summed E-state index contributed by atoms with van der Waals surface area (Å²) in [4.78, 5) is 0. The van der Waals surface area contributed by atoms with E-state index >= 15 is 0 Å². The van der Waals surface area contributed by atoms with E-state index in [2.05, 4.69) is 20.8 Å². The van der Waals surface area contributed by atoms with E-state index < -0.39 is 0 Å². The Labute approximate surface area is 124 Å². The molecule has 0 unspecified atom stereocenters. The SMILES string of the molecule is CC[c-]1c(C)c(C)c2c1CCCC2.[CH3-].[CH3-].[CH3-].[Ti+4]. The van der Waals surface area contributed by atoms with Gasteiger partial charge in [-0.05, 0) is 0 Å². The van der Waals surface area contributed by atoms with Crippen molar-refractivity contribution in [3.63, 3.8) is 0 Å². The van der Waals surface area contributed by atoms with E-state index in [1.54, 1.807) is 27.8 Å². The fraction of sp³-hybridized carbons (Fsp3) is 0.500. The van der Waals surface area contributed by atoms with Crippen LogP contribution in [0.2, 0.25) is 0 Å². The first-order valence-electron chi connectivity index (χ1n) is 5.52. The van der Waals surface area contributed by atoms with Gasteiger partial charge in [0.1, 0.15) is 0 Å². The monoisotopic (exact) mass is 268 g/mol. The minimum Gasteiger partial charge on any atom is -0.358 e. The predicted molar refractivity (Wildman–Crippen MR) is 76.8 cm³/mol. The molecule has 0 aliphatic heterocycles. The molecule has 0 aromatic heterocycles. The maximum atomic E-state index is 2.30. The first-order chi connectivity index (χ1) is 6.25. The summed E-state index contributed by atoms with van der Waals surface area (Å²) in [6.07, 6.45) is 6.71. The summed E-state index contributed by atoms with van der Waals surface area (Å²) in [6, 6.07) is 0. The van der Waals surface area contributed by atoms with Gasteiger partial charge >= 0.3 is 21.7 Å². The van der Waals surface area contributed by atoms with Crippen LogP contribution in [-0.4, -0.2) is 0 Å². The van der Waals surface area contributed by atoms with Crippen molar-refractivity contribution >= 4 is 0 Å². The van der Waals surface area contributed by atoms with Crippen LogP contribution < -0.4 is 0 Å². The topological polar surface area (TPSA) is 0 Å². The number of fused-ring (bicyclic) bond motifs is 1. The average Bonchev–Trinajstić information content (AvgIpc) is 2.41. The number of rotatable bonds is 1. The Morgan fingerprint density at radius 1 is 1.00 bits per heavy atom. The molecule has 2 rings (SSSR count). The molecule has 0 saturated carbocycles. The molecule has 96 valence electrons. The molecule has 1 aliphatic carbocycles. The second-order valence-electron chi connectivity index (χ2n) is 4.25. The molecule has 0 radical (unpaired) electrons. The molecule has 0 spiro atoms. The van der Waals surface area contributed by atoms with Crippen LogP contribution >= 0.6 is 0 Å². The molecule has 1 aliphatic rings. The fourth-order valence-electron chi connectivity index (χ4n) is 2.81. The molecule has 0 amide bonds. The molecule has 0 saturated heterocycles. The minimum atomic E-state index is 0. The van der Waals surface area contributed by atoms with Crippen LogP contribution in [0.15, 0.2) is 0 Å². The molecule has 0 fully saturated rings. The third-order valence-corrected chi connectivity index (χ3v) is 3.65. The van der Waals surface area contributed by atoms with E-state index in [0.29, 0.717) is 0 Å². The smallest absolute Gasteiger partial charge is 0.358 e. The van der Waals surface area contributed by atoms with Crippen LogP contribution in [0.1, 0.15) is 47.6 Å². The maximum Gasteiger partial charge on any atom is 4.00 e. The van der Waals surface area contributed by atoms with E-state index in [-0.39, 0.29) is 44.0 Å². The van der Waals surface area contributed by atoms with Gasteiger partial charge in [-0.2, -0.15) is 27.8 Å². The summed E-state index contributed by atoms with van der Waals surface area (Å²) in [6.45, 7) is 6.89. The average molecular weight is 268 g/mol. The van der Waals surface area contributed by atoms with Gasteiger partial charge in [-0.25, -0.2) is 0 Å². The van der Waals surface area contributed by atoms with Gasteiger partial charge in [0.2, 0.25) is 0 Å². The standard InChI is InChI=1S/C13H19.3CH3.Ti/c1-4-11-9(2)10(3)12-7-5-6-8-13(11)12;;;;/h4-8H2,1-3H3;3*1H3;/q4*-1;+4. The Balaban J connectivity index is -0.000000490. The maximum absolute atomic E-state index is 2.30. The molecule has 0 atom stereocenters. The summed E-state index contributed by atoms with van der Waals surface area (Å²) in [5, 5.41) is 0. The molecule has 17 heavy (non-hydrogen) atoms. The van der Waals surface area contributed by atoms with Crippen molar-refractivity contribution < 1.29 is 21.7 Å². The van der Waals surface area contributed by atoms with Gasteiger partial charge in [0.15, 0.2) is 0 Å². The Kier molecular flexibility index (Phi) is 11.9. The Morgan fingerprint density at radius 3 is 2.06 bits per heavy atom. The first-order valence-corrected chi connectivity index (χ1v) is 5.52. The second-order valence-corrected chi connectivity index (χ2v) is 4.25. The third-order valence-electron chi connectivity index (χ3n) is 3.65. The van der Waals surface area contributed by atoms with Gasteiger partial charge in [0, 0.05) is 0 Å². The largest absolute Gasteiger partial charge is 4.00 e. The number of hydrogen-bond donors (Lipinski definition) is 0. The van der Waals surface area contributed by atoms with Crippen molar-refractivity contribution in [2.75, 3.05) is 0 Å². The summed E-state index contributed by atoms with van der Waals surface area (Å²) < 4.78 is 0. The molecule has 0 nitrogen and oxygen atoms in total. The van der Waals surface area contributed by atoms with E-state index in [0.717, 1.165) is 0 Å². The Bertz CT molecular complexity index is 301. The van der Waals surface area contributed by atoms with Crippen LogP contribution in [0, 0.1) is 36.1 Å². The molecular weight excluding hydrogens is 240 g/mol. The van der Waals surface area contributed by atoms with E-state index in [4.69, 9.17) is 0 Å². The summed E-state index contributed by atoms with van der Waals surface area (Å²) in [7, 11) is 0. The Morgan fingerprint density at radius 2 is 1.53 bits per heavy atom. The van der Waals surface area contributed by atoms with Gasteiger partial charge in [-0.15, -0.1) is 0 Å². The van der Waals surface area contributed by atoms with Gasteiger partial charge in [-0.3, -0.25) is 0 Å². The minimum absolute atomic E-state index is 0. The number of hydrogen-bond acceptors (Lipinski definition) is 0. The third kappa shape index (κ3) is 3.76. The van der Waals surface area contributed by atoms with Crippen molar-refractivity contribution in [2.45, 2.75) is 52.9 Å². The van der Waals surface area contributed by atoms with Crippen molar-refractivity contribution in [3.8, 4) is 0 Å². The van der Waals surface area contributed by atoms with E-state index in [1.165, 1.54) is 32.1 Å². The normalized spacial score (nSPS) is 12.2. The van der Waals surface area contributed by atoms with Crippen LogP contribution in [0.4, 0.5) is 0 Å². The van der Waals surface area contributed by atoms with Gasteiger partial charge in [0.05, 0.1) is 0 Å². The van der Waals surface area contributed by atoms with Crippen LogP contribution in [-0.2, 0) is 41.0 Å². The molecular formula is C16H28Ti. The molecule has 1 heteroatoms. The zero-order valence-electron chi connectivity index (χ0n) is 12.5. The Hall–Kier alpha value is 0.0643. The van der Waals surface area contributed by atoms with Crippen LogP contribution in [0.3, 0.4) is 0 Å². The van der Waals surface area contributed by atoms with Crippen LogP contribution in [0.25, 0.3) is 0 Å². The van der Waals surface area contributed by atoms with Crippen molar-refractivity contribution in [1.29, 1.82) is 0 Å². The zero-order chi connectivity index (χ0) is 9.42. The molecule has 1 aromatic rings. The molecule has 0 bridgehead atoms. The second kappa shape index (κ2) is 9.06. The van der Waals surface area contributed by atoms with Crippen LogP contribution in [0.5, 0.6) is 0 Å². The van der Waals surface area contributed by atoms with Crippen molar-refractivity contribution in [1.82, 2.24) is 0 Å². The van der Waals surface area contributed by atoms with Gasteiger partial charge < -0.3 is 22.3 Å². The summed E-state index contributed by atoms with van der Waals surface area (Å²) in [5.74, 6) is 0. The summed E-state index contributed by atoms with van der Waals surface area (Å²) >= 11 is 0.